The third-order valence-corrected chi connectivity index (χ3v) is 6.11. The van der Waals surface area contributed by atoms with Crippen LogP contribution in [0.5, 0.6) is 0 Å². The topological polar surface area (TPSA) is 75.3 Å². The Bertz CT molecular complexity index is 868. The van der Waals surface area contributed by atoms with E-state index in [1.165, 1.54) is 6.33 Å². The largest absolute Gasteiger partial charge is 0.387 e. The summed E-state index contributed by atoms with van der Waals surface area (Å²) in [5.41, 5.74) is 1.20. The van der Waals surface area contributed by atoms with Gasteiger partial charge in [-0.1, -0.05) is 37.3 Å². The monoisotopic (exact) mass is 355 g/mol. The molecule has 1 aliphatic rings. The van der Waals surface area contributed by atoms with E-state index in [0.29, 0.717) is 17.6 Å². The lowest BCUT2D eigenvalue weighted by atomic mass is 9.79. The molecule has 2 heterocycles. The van der Waals surface area contributed by atoms with Crippen LogP contribution in [0.2, 0.25) is 0 Å². The predicted molar refractivity (Wildman–Crippen MR) is 101 cm³/mol. The minimum absolute atomic E-state index is 0.298. The number of nitrogens with zero attached hydrogens (tertiary/aromatic N) is 4. The lowest BCUT2D eigenvalue weighted by Gasteiger charge is -2.45. The number of rotatable bonds is 6. The van der Waals surface area contributed by atoms with E-state index in [2.05, 4.69) is 27.3 Å². The van der Waals surface area contributed by atoms with Gasteiger partial charge in [-0.05, 0) is 18.6 Å². The van der Waals surface area contributed by atoms with Crippen molar-refractivity contribution in [2.24, 2.45) is 0 Å². The maximum absolute atomic E-state index is 10.8. The average molecular weight is 355 g/mol. The maximum Gasteiger partial charge on any atom is 0.254 e. The first-order valence-electron chi connectivity index (χ1n) is 8.54. The van der Waals surface area contributed by atoms with Gasteiger partial charge < -0.3 is 10.4 Å². The van der Waals surface area contributed by atoms with E-state index in [0.717, 1.165) is 35.7 Å². The Labute approximate surface area is 150 Å². The molecule has 0 saturated heterocycles. The Balaban J connectivity index is 1.62. The second-order valence-electron chi connectivity index (χ2n) is 6.30. The van der Waals surface area contributed by atoms with Gasteiger partial charge in [-0.3, -0.25) is 0 Å². The molecule has 2 atom stereocenters. The summed E-state index contributed by atoms with van der Waals surface area (Å²) in [6, 6.07) is 12.0. The maximum atomic E-state index is 10.8. The molecule has 7 heteroatoms. The highest BCUT2D eigenvalue weighted by atomic mass is 32.2. The quantitative estimate of drug-likeness (QED) is 0.708. The molecule has 2 aromatic heterocycles. The van der Waals surface area contributed by atoms with Crippen LogP contribution in [0.4, 0.5) is 5.82 Å². The normalized spacial score (nSPS) is 22.7. The van der Waals surface area contributed by atoms with Crippen molar-refractivity contribution in [3.8, 4) is 11.3 Å². The molecule has 0 bridgehead atoms. The van der Waals surface area contributed by atoms with Crippen LogP contribution in [0.15, 0.2) is 42.7 Å². The molecule has 0 aliphatic heterocycles. The van der Waals surface area contributed by atoms with Crippen LogP contribution in [-0.4, -0.2) is 47.8 Å². The first-order valence-corrected chi connectivity index (χ1v) is 9.58. The molecule has 3 aromatic rings. The third-order valence-electron chi connectivity index (χ3n) is 4.70. The SMILES string of the molecule is CCSC1CCC1(O)CNc1cc(-c2ccccc2)nc2ncnn12. The number of fused-ring (bicyclic) bond motifs is 1. The third kappa shape index (κ3) is 3.09. The molecule has 1 fully saturated rings. The number of aromatic nitrogens is 4. The van der Waals surface area contributed by atoms with Gasteiger partial charge in [-0.25, -0.2) is 4.98 Å². The number of anilines is 1. The van der Waals surface area contributed by atoms with Crippen molar-refractivity contribution in [3.05, 3.63) is 42.7 Å². The number of benzene rings is 1. The van der Waals surface area contributed by atoms with Gasteiger partial charge in [0.25, 0.3) is 5.78 Å². The van der Waals surface area contributed by atoms with Crippen LogP contribution in [0.1, 0.15) is 19.8 Å². The van der Waals surface area contributed by atoms with Crippen LogP contribution in [0.3, 0.4) is 0 Å². The van der Waals surface area contributed by atoms with Crippen molar-refractivity contribution < 1.29 is 5.11 Å². The summed E-state index contributed by atoms with van der Waals surface area (Å²) in [4.78, 5) is 8.79. The van der Waals surface area contributed by atoms with Crippen molar-refractivity contribution in [1.82, 2.24) is 19.6 Å². The number of hydrogen-bond donors (Lipinski definition) is 2. The van der Waals surface area contributed by atoms with E-state index in [4.69, 9.17) is 0 Å². The summed E-state index contributed by atoms with van der Waals surface area (Å²) in [5, 5.41) is 18.7. The average Bonchev–Trinajstić information content (AvgIpc) is 3.12. The number of aliphatic hydroxyl groups is 1. The van der Waals surface area contributed by atoms with Crippen molar-refractivity contribution >= 4 is 23.4 Å². The van der Waals surface area contributed by atoms with Crippen molar-refractivity contribution in [1.29, 1.82) is 0 Å². The molecule has 0 radical (unpaired) electrons. The van der Waals surface area contributed by atoms with E-state index >= 15 is 0 Å². The molecule has 0 amide bonds. The lowest BCUT2D eigenvalue weighted by molar-refractivity contribution is -0.0121. The molecular formula is C18H21N5OS. The van der Waals surface area contributed by atoms with Gasteiger partial charge >= 0.3 is 0 Å². The standard InChI is InChI=1S/C18H21N5OS/c1-2-25-15-8-9-18(15,24)11-19-16-10-14(13-6-4-3-5-7-13)22-17-20-12-21-23(16)17/h3-7,10,12,15,19,24H,2,8-9,11H2,1H3. The zero-order chi connectivity index (χ0) is 17.3. The molecule has 1 aliphatic carbocycles. The number of hydrogen-bond acceptors (Lipinski definition) is 6. The van der Waals surface area contributed by atoms with Gasteiger partial charge in [0.2, 0.25) is 0 Å². The summed E-state index contributed by atoms with van der Waals surface area (Å²) >= 11 is 1.83. The van der Waals surface area contributed by atoms with Crippen molar-refractivity contribution in [2.75, 3.05) is 17.6 Å². The van der Waals surface area contributed by atoms with E-state index < -0.39 is 5.60 Å². The molecule has 1 saturated carbocycles. The second kappa shape index (κ2) is 6.65. The lowest BCUT2D eigenvalue weighted by Crippen LogP contribution is -2.54. The van der Waals surface area contributed by atoms with Gasteiger partial charge in [-0.2, -0.15) is 26.4 Å². The van der Waals surface area contributed by atoms with Gasteiger partial charge in [0.15, 0.2) is 0 Å². The predicted octanol–water partition coefficient (Wildman–Crippen LogP) is 2.85. The van der Waals surface area contributed by atoms with Crippen LogP contribution < -0.4 is 5.32 Å². The Morgan fingerprint density at radius 1 is 1.36 bits per heavy atom. The molecule has 0 spiro atoms. The smallest absolute Gasteiger partial charge is 0.254 e. The van der Waals surface area contributed by atoms with Gasteiger partial charge in [0.1, 0.15) is 12.1 Å². The highest BCUT2D eigenvalue weighted by Crippen LogP contribution is 2.41. The molecule has 2 N–H and O–H groups in total. The molecular weight excluding hydrogens is 334 g/mol. The minimum Gasteiger partial charge on any atom is -0.387 e. The fourth-order valence-corrected chi connectivity index (χ4v) is 4.37. The zero-order valence-electron chi connectivity index (χ0n) is 14.1. The van der Waals surface area contributed by atoms with Crippen LogP contribution in [0.25, 0.3) is 17.0 Å². The van der Waals surface area contributed by atoms with Gasteiger partial charge in [0.05, 0.1) is 11.3 Å². The highest BCUT2D eigenvalue weighted by Gasteiger charge is 2.45. The molecule has 2 unspecified atom stereocenters. The van der Waals surface area contributed by atoms with Gasteiger partial charge in [0, 0.05) is 23.4 Å². The second-order valence-corrected chi connectivity index (χ2v) is 7.78. The minimum atomic E-state index is -0.663. The van der Waals surface area contributed by atoms with Gasteiger partial charge in [-0.15, -0.1) is 0 Å². The summed E-state index contributed by atoms with van der Waals surface area (Å²) in [6.45, 7) is 2.63. The summed E-state index contributed by atoms with van der Waals surface area (Å²) in [7, 11) is 0. The highest BCUT2D eigenvalue weighted by molar-refractivity contribution is 8.00. The molecule has 1 aromatic carbocycles. The first kappa shape index (κ1) is 16.4. The Hall–Kier alpha value is -2.12. The van der Waals surface area contributed by atoms with Crippen LogP contribution in [-0.2, 0) is 0 Å². The Morgan fingerprint density at radius 3 is 2.92 bits per heavy atom. The first-order chi connectivity index (χ1) is 12.2. The Morgan fingerprint density at radius 2 is 2.20 bits per heavy atom. The van der Waals surface area contributed by atoms with E-state index in [1.54, 1.807) is 4.52 Å². The van der Waals surface area contributed by atoms with E-state index in [-0.39, 0.29) is 0 Å². The van der Waals surface area contributed by atoms with Crippen molar-refractivity contribution in [2.45, 2.75) is 30.6 Å². The molecule has 6 nitrogen and oxygen atoms in total. The van der Waals surface area contributed by atoms with Crippen molar-refractivity contribution in [3.63, 3.8) is 0 Å². The van der Waals surface area contributed by atoms with E-state index in [1.807, 2.05) is 48.2 Å². The van der Waals surface area contributed by atoms with Crippen LogP contribution in [0, 0.1) is 0 Å². The summed E-state index contributed by atoms with van der Waals surface area (Å²) < 4.78 is 1.68. The van der Waals surface area contributed by atoms with E-state index in [9.17, 15) is 5.11 Å². The molecule has 25 heavy (non-hydrogen) atoms. The summed E-state index contributed by atoms with van der Waals surface area (Å²) in [5.74, 6) is 2.36. The molecule has 130 valence electrons. The molecule has 4 rings (SSSR count). The fourth-order valence-electron chi connectivity index (χ4n) is 3.18. The Kier molecular flexibility index (Phi) is 4.35. The number of thioether (sulfide) groups is 1. The number of nitrogens with one attached hydrogen (secondary N) is 1. The van der Waals surface area contributed by atoms with Crippen LogP contribution >= 0.6 is 11.8 Å². The summed E-state index contributed by atoms with van der Waals surface area (Å²) in [6.07, 6.45) is 3.39. The zero-order valence-corrected chi connectivity index (χ0v) is 14.9. The fraction of sp³-hybridized carbons (Fsp3) is 0.389.